The monoisotopic (exact) mass is 404 g/mol. The van der Waals surface area contributed by atoms with E-state index in [4.69, 9.17) is 23.7 Å². The molecule has 1 aliphatic rings. The van der Waals surface area contributed by atoms with Gasteiger partial charge >= 0.3 is 17.7 Å². The summed E-state index contributed by atoms with van der Waals surface area (Å²) in [6.45, 7) is 0. The van der Waals surface area contributed by atoms with E-state index in [0.717, 1.165) is 0 Å². The molecule has 0 fully saturated rings. The van der Waals surface area contributed by atoms with Crippen LogP contribution in [0.15, 0.2) is 30.3 Å². The number of carbonyl (C=O) groups is 2. The van der Waals surface area contributed by atoms with Gasteiger partial charge in [-0.15, -0.1) is 0 Å². The fraction of sp³-hybridized carbons (Fsp3) is 0.300. The highest BCUT2D eigenvalue weighted by atomic mass is 16.7. The van der Waals surface area contributed by atoms with Gasteiger partial charge in [0, 0.05) is 0 Å². The van der Waals surface area contributed by atoms with Crippen LogP contribution in [0.4, 0.5) is 0 Å². The van der Waals surface area contributed by atoms with Crippen LogP contribution in [0.1, 0.15) is 27.4 Å². The van der Waals surface area contributed by atoms with Crippen LogP contribution in [0.5, 0.6) is 23.0 Å². The predicted octanol–water partition coefficient (Wildman–Crippen LogP) is 1.80. The Hall–Kier alpha value is -3.46. The third kappa shape index (κ3) is 3.19. The number of carboxylic acids is 1. The first-order chi connectivity index (χ1) is 13.8. The number of hydrogen-bond donors (Lipinski definition) is 2. The topological polar surface area (TPSA) is 121 Å². The lowest BCUT2D eigenvalue weighted by Crippen LogP contribution is -2.52. The molecule has 1 heterocycles. The maximum absolute atomic E-state index is 12.4. The van der Waals surface area contributed by atoms with Crippen molar-refractivity contribution < 1.29 is 43.5 Å². The van der Waals surface area contributed by atoms with Gasteiger partial charge in [0.15, 0.2) is 11.5 Å². The number of ether oxygens (including phenoxy) is 5. The fourth-order valence-electron chi connectivity index (χ4n) is 3.40. The summed E-state index contributed by atoms with van der Waals surface area (Å²) in [7, 11) is 5.67. The Morgan fingerprint density at radius 3 is 2.10 bits per heavy atom. The normalized spacial score (nSPS) is 20.3. The molecule has 0 amide bonds. The summed E-state index contributed by atoms with van der Waals surface area (Å²) in [4.78, 5) is 24.4. The van der Waals surface area contributed by atoms with Gasteiger partial charge in [-0.25, -0.2) is 9.59 Å². The number of aliphatic hydroxyl groups is 1. The van der Waals surface area contributed by atoms with Gasteiger partial charge in [-0.05, 0) is 35.4 Å². The molecule has 0 spiro atoms. The minimum Gasteiger partial charge on any atom is -0.497 e. The molecule has 29 heavy (non-hydrogen) atoms. The average Bonchev–Trinajstić information content (AvgIpc) is 2.72. The molecule has 2 atom stereocenters. The Morgan fingerprint density at radius 2 is 1.62 bits per heavy atom. The van der Waals surface area contributed by atoms with E-state index < -0.39 is 23.6 Å². The largest absolute Gasteiger partial charge is 0.497 e. The zero-order chi connectivity index (χ0) is 21.3. The minimum atomic E-state index is -2.84. The average molecular weight is 404 g/mol. The van der Waals surface area contributed by atoms with Crippen molar-refractivity contribution in [3.8, 4) is 23.0 Å². The fourth-order valence-corrected chi connectivity index (χ4v) is 3.40. The van der Waals surface area contributed by atoms with Crippen molar-refractivity contribution in [1.82, 2.24) is 0 Å². The lowest BCUT2D eigenvalue weighted by molar-refractivity contribution is -0.211. The summed E-state index contributed by atoms with van der Waals surface area (Å²) in [6.07, 6.45) is 0. The highest BCUT2D eigenvalue weighted by Crippen LogP contribution is 2.47. The number of cyclic esters (lactones) is 1. The number of fused-ring (bicyclic) bond motifs is 1. The van der Waals surface area contributed by atoms with Crippen molar-refractivity contribution in [3.05, 3.63) is 47.0 Å². The van der Waals surface area contributed by atoms with Gasteiger partial charge in [-0.2, -0.15) is 0 Å². The molecule has 0 saturated heterocycles. The molecule has 0 aliphatic carbocycles. The summed E-state index contributed by atoms with van der Waals surface area (Å²) in [6, 6.07) is 7.48. The molecule has 1 aliphatic heterocycles. The molecular weight excluding hydrogens is 384 g/mol. The maximum atomic E-state index is 12.4. The number of methoxy groups -OCH3 is 4. The predicted molar refractivity (Wildman–Crippen MR) is 98.9 cm³/mol. The van der Waals surface area contributed by atoms with Gasteiger partial charge in [0.1, 0.15) is 5.75 Å². The van der Waals surface area contributed by atoms with Crippen LogP contribution in [0.3, 0.4) is 0 Å². The van der Waals surface area contributed by atoms with Crippen LogP contribution in [-0.2, 0) is 9.53 Å². The molecule has 9 nitrogen and oxygen atoms in total. The second-order valence-corrected chi connectivity index (χ2v) is 6.24. The van der Waals surface area contributed by atoms with Crippen molar-refractivity contribution in [1.29, 1.82) is 0 Å². The maximum Gasteiger partial charge on any atom is 0.378 e. The van der Waals surface area contributed by atoms with E-state index in [0.29, 0.717) is 11.5 Å². The summed E-state index contributed by atoms with van der Waals surface area (Å²) in [5.41, 5.74) is 0.610. The highest BCUT2D eigenvalue weighted by Gasteiger charge is 2.54. The van der Waals surface area contributed by atoms with Gasteiger partial charge in [0.2, 0.25) is 5.75 Å². The van der Waals surface area contributed by atoms with Crippen molar-refractivity contribution >= 4 is 11.9 Å². The number of benzene rings is 2. The van der Waals surface area contributed by atoms with Crippen LogP contribution < -0.4 is 18.9 Å². The third-order valence-corrected chi connectivity index (χ3v) is 4.76. The van der Waals surface area contributed by atoms with E-state index in [-0.39, 0.29) is 28.2 Å². The Kier molecular flexibility index (Phi) is 5.25. The second-order valence-electron chi connectivity index (χ2n) is 6.24. The van der Waals surface area contributed by atoms with E-state index in [1.165, 1.54) is 52.7 Å². The molecule has 3 rings (SSSR count). The number of hydrogen-bond acceptors (Lipinski definition) is 8. The Morgan fingerprint density at radius 1 is 1.00 bits per heavy atom. The number of rotatable bonds is 6. The number of esters is 1. The van der Waals surface area contributed by atoms with E-state index in [2.05, 4.69) is 0 Å². The van der Waals surface area contributed by atoms with Crippen LogP contribution >= 0.6 is 0 Å². The van der Waals surface area contributed by atoms with Crippen molar-refractivity contribution in [2.75, 3.05) is 28.4 Å². The zero-order valence-corrected chi connectivity index (χ0v) is 16.2. The summed E-state index contributed by atoms with van der Waals surface area (Å²) < 4.78 is 26.0. The van der Waals surface area contributed by atoms with Crippen LogP contribution in [0.25, 0.3) is 0 Å². The molecule has 0 bridgehead atoms. The van der Waals surface area contributed by atoms with Gasteiger partial charge in [0.05, 0.1) is 39.9 Å². The van der Waals surface area contributed by atoms with Crippen molar-refractivity contribution in [2.45, 2.75) is 11.7 Å². The van der Waals surface area contributed by atoms with E-state index in [1.807, 2.05) is 0 Å². The van der Waals surface area contributed by atoms with Crippen molar-refractivity contribution in [3.63, 3.8) is 0 Å². The van der Waals surface area contributed by atoms with Gasteiger partial charge in [-0.3, -0.25) is 0 Å². The van der Waals surface area contributed by atoms with Crippen LogP contribution in [0, 0.1) is 0 Å². The van der Waals surface area contributed by atoms with Crippen LogP contribution in [0.2, 0.25) is 0 Å². The Bertz CT molecular complexity index is 943. The lowest BCUT2D eigenvalue weighted by atomic mass is 9.79. The summed E-state index contributed by atoms with van der Waals surface area (Å²) in [5, 5.41) is 20.6. The quantitative estimate of drug-likeness (QED) is 0.694. The third-order valence-electron chi connectivity index (χ3n) is 4.76. The van der Waals surface area contributed by atoms with E-state index in [9.17, 15) is 19.8 Å². The first-order valence-electron chi connectivity index (χ1n) is 8.47. The van der Waals surface area contributed by atoms with E-state index >= 15 is 0 Å². The molecule has 154 valence electrons. The Labute approximate surface area is 166 Å². The summed E-state index contributed by atoms with van der Waals surface area (Å²) >= 11 is 0. The molecule has 2 N–H and O–H groups in total. The summed E-state index contributed by atoms with van der Waals surface area (Å²) in [5.74, 6) is -5.64. The van der Waals surface area contributed by atoms with Gasteiger partial charge in [0.25, 0.3) is 0 Å². The second kappa shape index (κ2) is 7.51. The molecule has 9 heteroatoms. The smallest absolute Gasteiger partial charge is 0.378 e. The van der Waals surface area contributed by atoms with Crippen molar-refractivity contribution in [2.24, 2.45) is 0 Å². The molecule has 2 aromatic carbocycles. The molecular formula is C20H20O9. The minimum absolute atomic E-state index is 0.0778. The molecule has 2 unspecified atom stereocenters. The lowest BCUT2D eigenvalue weighted by Gasteiger charge is -2.37. The van der Waals surface area contributed by atoms with Crippen LogP contribution in [-0.4, -0.2) is 56.4 Å². The first-order valence-corrected chi connectivity index (χ1v) is 8.47. The molecule has 0 radical (unpaired) electrons. The zero-order valence-electron chi connectivity index (χ0n) is 16.2. The molecule has 2 aromatic rings. The number of carbonyl (C=O) groups excluding carboxylic acids is 1. The van der Waals surface area contributed by atoms with E-state index in [1.54, 1.807) is 6.07 Å². The standard InChI is InChI=1S/C20H20O9/c1-25-11-5-6-12-13(9-11)18(21)29-20(24,19(22)23)16(12)10-7-14(26-2)17(28-4)15(8-10)27-3/h5-9,16,24H,1-4H3,(H,22,23). The Balaban J connectivity index is 2.31. The highest BCUT2D eigenvalue weighted by molar-refractivity contribution is 5.97. The first kappa shape index (κ1) is 20.3. The number of aliphatic carboxylic acids is 1. The SMILES string of the molecule is COc1ccc2c(c1)C(=O)OC(O)(C(=O)O)C2c1cc(OC)c(OC)c(OC)c1. The number of carboxylic acid groups (broad SMARTS) is 1. The van der Waals surface area contributed by atoms with Gasteiger partial charge < -0.3 is 33.9 Å². The van der Waals surface area contributed by atoms with Gasteiger partial charge in [-0.1, -0.05) is 6.07 Å². The molecule has 0 saturated carbocycles. The molecule has 0 aromatic heterocycles.